The number of aryl methyl sites for hydroxylation is 2. The van der Waals surface area contributed by atoms with Gasteiger partial charge in [-0.1, -0.05) is 85.6 Å². The largest absolute Gasteiger partial charge is 0.479 e. The van der Waals surface area contributed by atoms with Crippen molar-refractivity contribution in [2.75, 3.05) is 5.75 Å². The van der Waals surface area contributed by atoms with Gasteiger partial charge < -0.3 is 59.8 Å². The maximum absolute atomic E-state index is 12.2. The second-order valence-corrected chi connectivity index (χ2v) is 19.5. The molecule has 424 valence electrons. The minimum absolute atomic E-state index is 0.0152. The van der Waals surface area contributed by atoms with Crippen molar-refractivity contribution in [1.29, 1.82) is 0 Å². The highest BCUT2D eigenvalue weighted by Crippen LogP contribution is 2.64. The predicted octanol–water partition coefficient (Wildman–Crippen LogP) is 2.98. The van der Waals surface area contributed by atoms with Gasteiger partial charge >= 0.3 is 59.7 Å². The summed E-state index contributed by atoms with van der Waals surface area (Å²) in [6.07, 6.45) is -11.4. The molecule has 27 heteroatoms. The first-order valence-corrected chi connectivity index (χ1v) is 24.6. The maximum atomic E-state index is 12.2. The number of fused-ring (bicyclic) bond motifs is 2. The minimum atomic E-state index is -4.08. The normalized spacial score (nSPS) is 17.9. The third-order valence-corrected chi connectivity index (χ3v) is 13.3. The molecule has 0 heterocycles. The Balaban J connectivity index is 0.000000295. The van der Waals surface area contributed by atoms with E-state index in [-0.39, 0.29) is 39.4 Å². The van der Waals surface area contributed by atoms with E-state index in [4.69, 9.17) is 43.9 Å². The first-order chi connectivity index (χ1) is 36.7. The Morgan fingerprint density at radius 2 is 0.772 bits per heavy atom. The van der Waals surface area contributed by atoms with Crippen LogP contribution in [0.25, 0.3) is 0 Å². The lowest BCUT2D eigenvalue weighted by molar-refractivity contribution is -0.166. The van der Waals surface area contributed by atoms with Crippen molar-refractivity contribution in [3.05, 3.63) is 143 Å². The smallest absolute Gasteiger partial charge is 0.349 e. The number of esters is 4. The van der Waals surface area contributed by atoms with E-state index in [1.165, 1.54) is 72.8 Å². The zero-order chi connectivity index (χ0) is 59.7. The third kappa shape index (κ3) is 17.8. The van der Waals surface area contributed by atoms with Gasteiger partial charge in [-0.2, -0.15) is 8.42 Å². The van der Waals surface area contributed by atoms with Crippen LogP contribution in [0, 0.1) is 30.6 Å². The van der Waals surface area contributed by atoms with Gasteiger partial charge in [-0.3, -0.25) is 9.35 Å². The zero-order valence-corrected chi connectivity index (χ0v) is 43.0. The lowest BCUT2D eigenvalue weighted by atomic mass is 9.70. The lowest BCUT2D eigenvalue weighted by Gasteiger charge is -2.35. The number of rotatable bonds is 19. The Morgan fingerprint density at radius 3 is 0.987 bits per heavy atom. The standard InChI is InChI=1S/C20H18O8.C18H14O8.C10H16O4S.C4H6O6/c1-11-3-7-13(8-4-11)19(25)27-15(17(21)22)16(18(23)24)28-20(26)14-9-5-12(2)6-10-14;19-15(20)13(25-17(23)11-7-3-1-4-8-11)14(16(21)22)26-18(24)12-9-5-2-6-10-12;1-9(2)7-3-4-10(9,8(11)5-7)6-15(12,13)14;5-1(3(7)8)2(6)4(9)10/h3-10,15-16H,1-2H3,(H,21,22)(H,23,24);1-10,13-14H,(H,19,20)(H,21,22);7H,3-6H2,1-2H3,(H,12,13,14);1-2,5-6H,(H,7,8)(H,9,10)/t15-,16-;13-,14-;7-,10-;1-,2-/m0111/s1. The Labute approximate surface area is 448 Å². The van der Waals surface area contributed by atoms with Crippen molar-refractivity contribution in [2.45, 2.75) is 83.6 Å². The van der Waals surface area contributed by atoms with Crippen LogP contribution in [0.1, 0.15) is 85.7 Å². The third-order valence-electron chi connectivity index (χ3n) is 12.4. The van der Waals surface area contributed by atoms with E-state index in [1.807, 2.05) is 13.8 Å². The molecule has 0 unspecified atom stereocenters. The summed E-state index contributed by atoms with van der Waals surface area (Å²) >= 11 is 0. The summed E-state index contributed by atoms with van der Waals surface area (Å²) in [6.45, 7) is 7.47. The van der Waals surface area contributed by atoms with E-state index >= 15 is 0 Å². The van der Waals surface area contributed by atoms with Crippen LogP contribution in [0.3, 0.4) is 0 Å². The van der Waals surface area contributed by atoms with Gasteiger partial charge in [-0.25, -0.2) is 47.9 Å². The Bertz CT molecular complexity index is 2830. The van der Waals surface area contributed by atoms with Crippen LogP contribution in [0.15, 0.2) is 109 Å². The van der Waals surface area contributed by atoms with E-state index in [1.54, 1.807) is 50.2 Å². The van der Waals surface area contributed by atoms with Gasteiger partial charge in [0.05, 0.1) is 33.4 Å². The summed E-state index contributed by atoms with van der Waals surface area (Å²) in [5.74, 6) is -14.9. The van der Waals surface area contributed by atoms with Crippen LogP contribution in [0.5, 0.6) is 0 Å². The number of hydrogen-bond donors (Lipinski definition) is 9. The zero-order valence-electron chi connectivity index (χ0n) is 42.1. The molecule has 2 bridgehead atoms. The number of benzene rings is 4. The van der Waals surface area contributed by atoms with Gasteiger partial charge in [0.15, 0.2) is 12.2 Å². The molecule has 6 rings (SSSR count). The highest BCUT2D eigenvalue weighted by atomic mass is 32.2. The summed E-state index contributed by atoms with van der Waals surface area (Å²) < 4.78 is 50.1. The SMILES string of the molecule is CC1(C)[C@@H]2CC[C@@]1(CS(=O)(=O)O)C(=O)C2.Cc1ccc(C(=O)O[C@H](C(=O)O)[C@H](OC(=O)c2ccc(C)cc2)C(=O)O)cc1.O=C(O)[C@H](O)[C@@H](O)C(=O)O.O=C(O[C@@H](C(=O)O)[C@@H](OC(=O)c1ccccc1)C(=O)O)c1ccccc1. The average Bonchev–Trinajstić information content (AvgIpc) is 3.92. The molecule has 9 N–H and O–H groups in total. The van der Waals surface area contributed by atoms with Crippen LogP contribution in [-0.4, -0.2) is 162 Å². The first kappa shape index (κ1) is 64.4. The van der Waals surface area contributed by atoms with Crippen LogP contribution >= 0.6 is 0 Å². The molecule has 2 aliphatic rings. The summed E-state index contributed by atoms with van der Waals surface area (Å²) in [5, 5.41) is 69.6. The number of ether oxygens (including phenoxy) is 4. The molecule has 0 amide bonds. The number of aliphatic carboxylic acids is 6. The first-order valence-electron chi connectivity index (χ1n) is 23.0. The number of ketones is 1. The second-order valence-electron chi connectivity index (χ2n) is 18.1. The molecule has 8 atom stereocenters. The van der Waals surface area contributed by atoms with Crippen molar-refractivity contribution in [1.82, 2.24) is 0 Å². The van der Waals surface area contributed by atoms with Gasteiger partial charge in [0.1, 0.15) is 5.78 Å². The molecule has 4 aromatic carbocycles. The molecule has 2 aliphatic carbocycles. The van der Waals surface area contributed by atoms with Crippen LogP contribution in [0.4, 0.5) is 0 Å². The van der Waals surface area contributed by atoms with E-state index in [0.717, 1.165) is 17.5 Å². The number of Topliss-reactive ketones (excluding diaryl/α,β-unsaturated/α-hetero) is 1. The fourth-order valence-corrected chi connectivity index (χ4v) is 9.22. The van der Waals surface area contributed by atoms with E-state index in [9.17, 15) is 81.6 Å². The maximum Gasteiger partial charge on any atom is 0.349 e. The van der Waals surface area contributed by atoms with E-state index in [2.05, 4.69) is 0 Å². The van der Waals surface area contributed by atoms with Gasteiger partial charge in [-0.15, -0.1) is 0 Å². The molecule has 4 aromatic rings. The van der Waals surface area contributed by atoms with Crippen molar-refractivity contribution in [3.63, 3.8) is 0 Å². The Hall–Kier alpha value is -8.92. The van der Waals surface area contributed by atoms with E-state index < -0.39 is 118 Å². The van der Waals surface area contributed by atoms with E-state index in [0.29, 0.717) is 12.8 Å². The second kappa shape index (κ2) is 27.9. The summed E-state index contributed by atoms with van der Waals surface area (Å²) in [7, 11) is -4.08. The number of carbonyl (C=O) groups is 11. The van der Waals surface area contributed by atoms with Crippen LogP contribution < -0.4 is 0 Å². The predicted molar refractivity (Wildman–Crippen MR) is 265 cm³/mol. The molecule has 2 fully saturated rings. The average molecular weight is 1130 g/mol. The van der Waals surface area contributed by atoms with Crippen molar-refractivity contribution in [2.24, 2.45) is 16.7 Å². The molecule has 26 nitrogen and oxygen atoms in total. The van der Waals surface area contributed by atoms with Crippen molar-refractivity contribution < 1.29 is 126 Å². The van der Waals surface area contributed by atoms with Crippen LogP contribution in [0.2, 0.25) is 0 Å². The number of carbonyl (C=O) groups excluding carboxylic acids is 5. The van der Waals surface area contributed by atoms with Crippen LogP contribution in [-0.2, 0) is 62.6 Å². The highest BCUT2D eigenvalue weighted by molar-refractivity contribution is 7.85. The molecule has 0 saturated heterocycles. The van der Waals surface area contributed by atoms with Crippen molar-refractivity contribution >= 4 is 75.6 Å². The Morgan fingerprint density at radius 1 is 0.494 bits per heavy atom. The number of carboxylic acid groups (broad SMARTS) is 6. The van der Waals surface area contributed by atoms with Gasteiger partial charge in [0, 0.05) is 6.42 Å². The molecule has 0 radical (unpaired) electrons. The molecule has 79 heavy (non-hydrogen) atoms. The molecule has 0 spiro atoms. The molecular formula is C52H54O26S. The number of hydrogen-bond acceptors (Lipinski definition) is 19. The monoisotopic (exact) mass is 1130 g/mol. The quantitative estimate of drug-likeness (QED) is 0.0370. The number of carboxylic acids is 6. The molecule has 2 saturated carbocycles. The minimum Gasteiger partial charge on any atom is -0.479 e. The molecular weight excluding hydrogens is 1070 g/mol. The lowest BCUT2D eigenvalue weighted by Crippen LogP contribution is -2.45. The fourth-order valence-electron chi connectivity index (χ4n) is 7.92. The van der Waals surface area contributed by atoms with Gasteiger partial charge in [0.2, 0.25) is 24.4 Å². The topological polar surface area (TPSA) is 441 Å². The van der Waals surface area contributed by atoms with Gasteiger partial charge in [0.25, 0.3) is 10.1 Å². The number of aliphatic hydroxyl groups is 2. The highest BCUT2D eigenvalue weighted by Gasteiger charge is 2.65. The summed E-state index contributed by atoms with van der Waals surface area (Å²) in [5.41, 5.74) is 0.722. The summed E-state index contributed by atoms with van der Waals surface area (Å²) in [6, 6.07) is 26.9. The number of aliphatic hydroxyl groups excluding tert-OH is 2. The Kier molecular flexibility index (Phi) is 22.8. The summed E-state index contributed by atoms with van der Waals surface area (Å²) in [4.78, 5) is 126. The molecule has 0 aliphatic heterocycles. The van der Waals surface area contributed by atoms with Crippen molar-refractivity contribution in [3.8, 4) is 0 Å². The van der Waals surface area contributed by atoms with Gasteiger partial charge in [-0.05, 0) is 86.6 Å². The fraction of sp³-hybridized carbons (Fsp3) is 0.327. The molecule has 0 aromatic heterocycles.